The lowest BCUT2D eigenvalue weighted by atomic mass is 10.1. The molecule has 1 N–H and O–H groups in total. The van der Waals surface area contributed by atoms with Crippen LogP contribution in [0.4, 0.5) is 5.69 Å². The molecule has 0 atom stereocenters. The van der Waals surface area contributed by atoms with Crippen LogP contribution in [-0.2, 0) is 11.2 Å². The first kappa shape index (κ1) is 17.4. The van der Waals surface area contributed by atoms with E-state index in [9.17, 15) is 9.59 Å². The molecule has 1 aliphatic heterocycles. The monoisotopic (exact) mass is 367 g/mol. The summed E-state index contributed by atoms with van der Waals surface area (Å²) in [4.78, 5) is 39.8. The van der Waals surface area contributed by atoms with Gasteiger partial charge in [0.25, 0.3) is 5.91 Å². The first-order chi connectivity index (χ1) is 13.1. The van der Waals surface area contributed by atoms with Gasteiger partial charge in [-0.1, -0.05) is 0 Å². The van der Waals surface area contributed by atoms with Gasteiger partial charge in [0, 0.05) is 24.7 Å². The lowest BCUT2D eigenvalue weighted by Gasteiger charge is -2.20. The van der Waals surface area contributed by atoms with E-state index in [2.05, 4.69) is 20.3 Å². The second-order valence-corrected chi connectivity index (χ2v) is 6.83. The van der Waals surface area contributed by atoms with Gasteiger partial charge < -0.3 is 15.0 Å². The number of amides is 2. The first-order valence-corrected chi connectivity index (χ1v) is 9.09. The van der Waals surface area contributed by atoms with Gasteiger partial charge in [-0.15, -0.1) is 0 Å². The van der Waals surface area contributed by atoms with Crippen molar-refractivity contribution in [3.63, 3.8) is 0 Å². The fourth-order valence-corrected chi connectivity index (χ4v) is 3.15. The SMILES string of the molecule is COc1ccc(NC(=O)CN2CCCc3nc(C4CC4)ncc3C2=O)cn1. The van der Waals surface area contributed by atoms with E-state index >= 15 is 0 Å². The molecule has 1 saturated carbocycles. The van der Waals surface area contributed by atoms with Gasteiger partial charge in [0.15, 0.2) is 0 Å². The molecule has 27 heavy (non-hydrogen) atoms. The lowest BCUT2D eigenvalue weighted by Crippen LogP contribution is -2.38. The molecule has 2 amide bonds. The van der Waals surface area contributed by atoms with E-state index in [-0.39, 0.29) is 18.4 Å². The Bertz CT molecular complexity index is 864. The number of rotatable bonds is 5. The van der Waals surface area contributed by atoms with Crippen molar-refractivity contribution in [1.29, 1.82) is 0 Å². The van der Waals surface area contributed by atoms with Crippen molar-refractivity contribution in [2.75, 3.05) is 25.5 Å². The van der Waals surface area contributed by atoms with Gasteiger partial charge in [-0.3, -0.25) is 9.59 Å². The van der Waals surface area contributed by atoms with Crippen molar-refractivity contribution in [3.05, 3.63) is 41.6 Å². The molecule has 3 heterocycles. The van der Waals surface area contributed by atoms with Crippen molar-refractivity contribution in [3.8, 4) is 5.88 Å². The highest BCUT2D eigenvalue weighted by molar-refractivity contribution is 6.00. The number of ether oxygens (including phenoxy) is 1. The molecule has 8 heteroatoms. The number of hydrogen-bond acceptors (Lipinski definition) is 6. The van der Waals surface area contributed by atoms with Crippen molar-refractivity contribution < 1.29 is 14.3 Å². The lowest BCUT2D eigenvalue weighted by molar-refractivity contribution is -0.116. The summed E-state index contributed by atoms with van der Waals surface area (Å²) in [5, 5.41) is 2.76. The Morgan fingerprint density at radius 3 is 2.85 bits per heavy atom. The average Bonchev–Trinajstić information content (AvgIpc) is 3.52. The van der Waals surface area contributed by atoms with Crippen LogP contribution in [0, 0.1) is 0 Å². The number of fused-ring (bicyclic) bond motifs is 1. The number of carbonyl (C=O) groups excluding carboxylic acids is 2. The Labute approximate surface area is 157 Å². The van der Waals surface area contributed by atoms with Crippen LogP contribution < -0.4 is 10.1 Å². The molecule has 1 fully saturated rings. The molecule has 1 aliphatic carbocycles. The molecule has 2 aromatic rings. The zero-order valence-corrected chi connectivity index (χ0v) is 15.1. The van der Waals surface area contributed by atoms with E-state index < -0.39 is 0 Å². The van der Waals surface area contributed by atoms with Crippen LogP contribution in [0.2, 0.25) is 0 Å². The molecule has 4 rings (SSSR count). The molecule has 0 aromatic carbocycles. The molecule has 0 saturated heterocycles. The number of aryl methyl sites for hydroxylation is 1. The minimum absolute atomic E-state index is 0.0192. The van der Waals surface area contributed by atoms with Crippen LogP contribution in [0.15, 0.2) is 24.5 Å². The zero-order valence-electron chi connectivity index (χ0n) is 15.1. The van der Waals surface area contributed by atoms with E-state index in [0.717, 1.165) is 37.2 Å². The number of nitrogens with one attached hydrogen (secondary N) is 1. The topological polar surface area (TPSA) is 97.3 Å². The minimum atomic E-state index is -0.269. The molecular weight excluding hydrogens is 346 g/mol. The van der Waals surface area contributed by atoms with Gasteiger partial charge in [0.05, 0.1) is 30.3 Å². The molecule has 0 spiro atoms. The number of anilines is 1. The summed E-state index contributed by atoms with van der Waals surface area (Å²) in [6, 6.07) is 3.37. The summed E-state index contributed by atoms with van der Waals surface area (Å²) in [6.07, 6.45) is 6.89. The molecular formula is C19H21N5O3. The van der Waals surface area contributed by atoms with E-state index in [1.165, 1.54) is 13.3 Å². The predicted molar refractivity (Wildman–Crippen MR) is 97.7 cm³/mol. The van der Waals surface area contributed by atoms with Crippen molar-refractivity contribution in [1.82, 2.24) is 19.9 Å². The summed E-state index contributed by atoms with van der Waals surface area (Å²) in [7, 11) is 1.53. The predicted octanol–water partition coefficient (Wildman–Crippen LogP) is 1.78. The Balaban J connectivity index is 1.43. The van der Waals surface area contributed by atoms with Crippen LogP contribution >= 0.6 is 0 Å². The van der Waals surface area contributed by atoms with Crippen molar-refractivity contribution in [2.24, 2.45) is 0 Å². The van der Waals surface area contributed by atoms with Crippen molar-refractivity contribution in [2.45, 2.75) is 31.6 Å². The maximum atomic E-state index is 12.8. The molecule has 140 valence electrons. The van der Waals surface area contributed by atoms with Gasteiger partial charge in [-0.05, 0) is 31.7 Å². The van der Waals surface area contributed by atoms with Gasteiger partial charge in [0.1, 0.15) is 12.4 Å². The highest BCUT2D eigenvalue weighted by Crippen LogP contribution is 2.38. The highest BCUT2D eigenvalue weighted by Gasteiger charge is 2.30. The van der Waals surface area contributed by atoms with Crippen LogP contribution in [0.5, 0.6) is 5.88 Å². The number of pyridine rings is 1. The molecule has 0 bridgehead atoms. The Hall–Kier alpha value is -3.03. The second kappa shape index (κ2) is 7.30. The number of aromatic nitrogens is 3. The normalized spacial score (nSPS) is 16.5. The number of hydrogen-bond donors (Lipinski definition) is 1. The van der Waals surface area contributed by atoms with Gasteiger partial charge in [0.2, 0.25) is 11.8 Å². The summed E-state index contributed by atoms with van der Waals surface area (Å²) >= 11 is 0. The standard InChI is InChI=1S/C19H21N5O3/c1-27-17-7-6-13(9-20-17)22-16(25)11-24-8-2-3-15-14(19(24)26)10-21-18(23-15)12-4-5-12/h6-7,9-10,12H,2-5,8,11H2,1H3,(H,22,25). The van der Waals surface area contributed by atoms with Gasteiger partial charge in [-0.2, -0.15) is 0 Å². The van der Waals surface area contributed by atoms with E-state index in [4.69, 9.17) is 4.74 Å². The maximum Gasteiger partial charge on any atom is 0.257 e. The Morgan fingerprint density at radius 1 is 1.30 bits per heavy atom. The third-order valence-corrected chi connectivity index (χ3v) is 4.75. The molecule has 0 unspecified atom stereocenters. The fourth-order valence-electron chi connectivity index (χ4n) is 3.15. The van der Waals surface area contributed by atoms with Gasteiger partial charge in [-0.25, -0.2) is 15.0 Å². The van der Waals surface area contributed by atoms with Crippen molar-refractivity contribution >= 4 is 17.5 Å². The largest absolute Gasteiger partial charge is 0.481 e. The Kier molecular flexibility index (Phi) is 4.70. The minimum Gasteiger partial charge on any atom is -0.481 e. The summed E-state index contributed by atoms with van der Waals surface area (Å²) < 4.78 is 5.00. The third-order valence-electron chi connectivity index (χ3n) is 4.75. The molecule has 2 aliphatic rings. The van der Waals surface area contributed by atoms with E-state index in [1.54, 1.807) is 23.2 Å². The summed E-state index contributed by atoms with van der Waals surface area (Å²) in [6.45, 7) is 0.497. The molecule has 2 aromatic heterocycles. The summed E-state index contributed by atoms with van der Waals surface area (Å²) in [5.74, 6) is 1.31. The molecule has 0 radical (unpaired) electrons. The average molecular weight is 367 g/mol. The first-order valence-electron chi connectivity index (χ1n) is 9.09. The fraction of sp³-hybridized carbons (Fsp3) is 0.421. The Morgan fingerprint density at radius 2 is 2.15 bits per heavy atom. The number of nitrogens with zero attached hydrogens (tertiary/aromatic N) is 4. The quantitative estimate of drug-likeness (QED) is 0.865. The van der Waals surface area contributed by atoms with Crippen LogP contribution in [0.1, 0.15) is 47.1 Å². The second-order valence-electron chi connectivity index (χ2n) is 6.83. The molecule has 8 nitrogen and oxygen atoms in total. The van der Waals surface area contributed by atoms with Crippen LogP contribution in [0.25, 0.3) is 0 Å². The smallest absolute Gasteiger partial charge is 0.257 e. The van der Waals surface area contributed by atoms with Crippen LogP contribution in [-0.4, -0.2) is 51.9 Å². The summed E-state index contributed by atoms with van der Waals surface area (Å²) in [5.41, 5.74) is 1.87. The number of carbonyl (C=O) groups is 2. The highest BCUT2D eigenvalue weighted by atomic mass is 16.5. The van der Waals surface area contributed by atoms with Crippen LogP contribution in [0.3, 0.4) is 0 Å². The maximum absolute atomic E-state index is 12.8. The van der Waals surface area contributed by atoms with E-state index in [0.29, 0.717) is 29.6 Å². The van der Waals surface area contributed by atoms with Gasteiger partial charge >= 0.3 is 0 Å². The van der Waals surface area contributed by atoms with E-state index in [1.807, 2.05) is 0 Å². The number of methoxy groups -OCH3 is 1. The third kappa shape index (κ3) is 3.89. The zero-order chi connectivity index (χ0) is 18.8.